The fraction of sp³-hybridized carbons (Fsp3) is 0.471. The highest BCUT2D eigenvalue weighted by molar-refractivity contribution is 5.85. The lowest BCUT2D eigenvalue weighted by molar-refractivity contribution is -0.133. The maximum absolute atomic E-state index is 12.6. The fourth-order valence-corrected chi connectivity index (χ4v) is 3.05. The van der Waals surface area contributed by atoms with Crippen LogP contribution < -0.4 is 5.73 Å². The van der Waals surface area contributed by atoms with Crippen molar-refractivity contribution in [3.8, 4) is 0 Å². The van der Waals surface area contributed by atoms with Crippen LogP contribution in [0.5, 0.6) is 0 Å². The quantitative estimate of drug-likeness (QED) is 0.912. The van der Waals surface area contributed by atoms with Crippen molar-refractivity contribution in [3.63, 3.8) is 0 Å². The van der Waals surface area contributed by atoms with Gasteiger partial charge in [0.1, 0.15) is 0 Å². The fourth-order valence-electron chi connectivity index (χ4n) is 3.05. The third-order valence-electron chi connectivity index (χ3n) is 4.24. The van der Waals surface area contributed by atoms with E-state index in [1.165, 1.54) is 0 Å². The van der Waals surface area contributed by atoms with Crippen LogP contribution in [0.4, 0.5) is 0 Å². The van der Waals surface area contributed by atoms with Crippen LogP contribution in [0, 0.1) is 6.92 Å². The molecule has 1 aromatic carbocycles. The van der Waals surface area contributed by atoms with Gasteiger partial charge in [-0.2, -0.15) is 4.98 Å². The zero-order valence-electron chi connectivity index (χ0n) is 13.7. The molecule has 2 atom stereocenters. The minimum Gasteiger partial charge on any atom is -0.341 e. The summed E-state index contributed by atoms with van der Waals surface area (Å²) in [4.78, 5) is 18.7. The third kappa shape index (κ3) is 4.33. The van der Waals surface area contributed by atoms with E-state index in [1.807, 2.05) is 35.2 Å². The zero-order valence-corrected chi connectivity index (χ0v) is 14.5. The summed E-state index contributed by atoms with van der Waals surface area (Å²) in [6.07, 6.45) is 2.44. The highest BCUT2D eigenvalue weighted by atomic mass is 35.5. The molecule has 0 aliphatic carbocycles. The molecule has 0 spiro atoms. The Morgan fingerprint density at radius 3 is 2.83 bits per heavy atom. The first-order valence-corrected chi connectivity index (χ1v) is 8.02. The van der Waals surface area contributed by atoms with E-state index in [-0.39, 0.29) is 24.2 Å². The Morgan fingerprint density at radius 1 is 1.42 bits per heavy atom. The monoisotopic (exact) mass is 350 g/mol. The topological polar surface area (TPSA) is 85.2 Å². The molecule has 1 amide bonds. The van der Waals surface area contributed by atoms with Gasteiger partial charge in [-0.1, -0.05) is 35.5 Å². The summed E-state index contributed by atoms with van der Waals surface area (Å²) in [5, 5.41) is 3.84. The van der Waals surface area contributed by atoms with Crippen molar-refractivity contribution in [2.75, 3.05) is 13.1 Å². The van der Waals surface area contributed by atoms with Crippen LogP contribution >= 0.6 is 12.4 Å². The number of piperidine rings is 1. The van der Waals surface area contributed by atoms with Crippen molar-refractivity contribution in [2.45, 2.75) is 38.1 Å². The van der Waals surface area contributed by atoms with Gasteiger partial charge in [0.25, 0.3) is 0 Å². The van der Waals surface area contributed by atoms with Crippen LogP contribution in [0.2, 0.25) is 0 Å². The van der Waals surface area contributed by atoms with Gasteiger partial charge in [-0.3, -0.25) is 4.79 Å². The number of amides is 1. The van der Waals surface area contributed by atoms with Gasteiger partial charge in [-0.05, 0) is 31.7 Å². The minimum atomic E-state index is -0.513. The molecule has 1 saturated heterocycles. The van der Waals surface area contributed by atoms with Crippen molar-refractivity contribution in [2.24, 2.45) is 5.73 Å². The second kappa shape index (κ2) is 8.26. The summed E-state index contributed by atoms with van der Waals surface area (Å²) in [6, 6.07) is 9.35. The largest absolute Gasteiger partial charge is 0.341 e. The number of carbonyl (C=O) groups is 1. The maximum Gasteiger partial charge on any atom is 0.239 e. The number of nitrogens with zero attached hydrogens (tertiary/aromatic N) is 3. The Bertz CT molecular complexity index is 662. The van der Waals surface area contributed by atoms with E-state index in [1.54, 1.807) is 6.92 Å². The molecule has 24 heavy (non-hydrogen) atoms. The summed E-state index contributed by atoms with van der Waals surface area (Å²) in [5.41, 5.74) is 7.20. The molecule has 2 N–H and O–H groups in total. The first-order chi connectivity index (χ1) is 11.1. The van der Waals surface area contributed by atoms with Gasteiger partial charge in [-0.25, -0.2) is 0 Å². The number of hydrogen-bond acceptors (Lipinski definition) is 5. The average molecular weight is 351 g/mol. The standard InChI is InChI=1S/C17H22N4O2.ClH/c1-12-19-16(23-20-12)14-8-5-9-21(11-14)17(22)15(18)10-13-6-3-2-4-7-13;/h2-4,6-7,14-15H,5,8-11,18H2,1H3;1H/t14?,15-;/m0./s1. The summed E-state index contributed by atoms with van der Waals surface area (Å²) >= 11 is 0. The number of aromatic nitrogens is 2. The highest BCUT2D eigenvalue weighted by Gasteiger charge is 2.30. The second-order valence-electron chi connectivity index (χ2n) is 6.10. The van der Waals surface area contributed by atoms with E-state index in [4.69, 9.17) is 10.3 Å². The van der Waals surface area contributed by atoms with Crippen molar-refractivity contribution < 1.29 is 9.32 Å². The van der Waals surface area contributed by atoms with Crippen LogP contribution in [0.15, 0.2) is 34.9 Å². The van der Waals surface area contributed by atoms with Crippen LogP contribution in [-0.2, 0) is 11.2 Å². The molecule has 0 saturated carbocycles. The number of carbonyl (C=O) groups excluding carboxylic acids is 1. The summed E-state index contributed by atoms with van der Waals surface area (Å²) in [7, 11) is 0. The number of aryl methyl sites for hydroxylation is 1. The van der Waals surface area contributed by atoms with Gasteiger partial charge in [0.15, 0.2) is 5.82 Å². The van der Waals surface area contributed by atoms with Gasteiger partial charge >= 0.3 is 0 Å². The molecule has 7 heteroatoms. The number of hydrogen-bond donors (Lipinski definition) is 1. The van der Waals surface area contributed by atoms with Gasteiger partial charge < -0.3 is 15.2 Å². The summed E-state index contributed by atoms with van der Waals surface area (Å²) in [5.74, 6) is 1.36. The molecule has 2 heterocycles. The molecule has 130 valence electrons. The Balaban J connectivity index is 0.00000208. The zero-order chi connectivity index (χ0) is 16.2. The smallest absolute Gasteiger partial charge is 0.239 e. The highest BCUT2D eigenvalue weighted by Crippen LogP contribution is 2.26. The van der Waals surface area contributed by atoms with Gasteiger partial charge in [-0.15, -0.1) is 12.4 Å². The lowest BCUT2D eigenvalue weighted by Gasteiger charge is -2.32. The Kier molecular flexibility index (Phi) is 6.34. The van der Waals surface area contributed by atoms with E-state index < -0.39 is 6.04 Å². The van der Waals surface area contributed by atoms with Crippen LogP contribution in [0.1, 0.15) is 36.0 Å². The Hall–Kier alpha value is -1.92. The van der Waals surface area contributed by atoms with Gasteiger partial charge in [0, 0.05) is 13.1 Å². The minimum absolute atomic E-state index is 0. The average Bonchev–Trinajstić information content (AvgIpc) is 3.02. The van der Waals surface area contributed by atoms with Crippen molar-refractivity contribution >= 4 is 18.3 Å². The van der Waals surface area contributed by atoms with Gasteiger partial charge in [0.05, 0.1) is 12.0 Å². The number of likely N-dealkylation sites (tertiary alicyclic amines) is 1. The van der Waals surface area contributed by atoms with Crippen molar-refractivity contribution in [1.29, 1.82) is 0 Å². The van der Waals surface area contributed by atoms with Crippen LogP contribution in [-0.4, -0.2) is 40.1 Å². The van der Waals surface area contributed by atoms with E-state index in [0.717, 1.165) is 24.9 Å². The SMILES string of the molecule is Cc1noc(C2CCCN(C(=O)[C@@H](N)Cc3ccccc3)C2)n1.Cl. The normalized spacial score (nSPS) is 18.8. The van der Waals surface area contributed by atoms with E-state index in [2.05, 4.69) is 10.1 Å². The van der Waals surface area contributed by atoms with Crippen LogP contribution in [0.3, 0.4) is 0 Å². The lowest BCUT2D eigenvalue weighted by Crippen LogP contribution is -2.48. The summed E-state index contributed by atoms with van der Waals surface area (Å²) < 4.78 is 5.26. The van der Waals surface area contributed by atoms with Crippen molar-refractivity contribution in [3.05, 3.63) is 47.6 Å². The first kappa shape index (κ1) is 18.4. The molecule has 1 unspecified atom stereocenters. The molecule has 1 aliphatic heterocycles. The number of benzene rings is 1. The summed E-state index contributed by atoms with van der Waals surface area (Å²) in [6.45, 7) is 3.14. The van der Waals surface area contributed by atoms with E-state index >= 15 is 0 Å². The molecule has 1 aromatic heterocycles. The molecular weight excluding hydrogens is 328 g/mol. The predicted octanol–water partition coefficient (Wildman–Crippen LogP) is 2.08. The van der Waals surface area contributed by atoms with Gasteiger partial charge in [0.2, 0.25) is 11.8 Å². The third-order valence-corrected chi connectivity index (χ3v) is 4.24. The lowest BCUT2D eigenvalue weighted by atomic mass is 9.96. The van der Waals surface area contributed by atoms with Crippen molar-refractivity contribution in [1.82, 2.24) is 15.0 Å². The molecule has 6 nitrogen and oxygen atoms in total. The number of halogens is 1. The van der Waals surface area contributed by atoms with E-state index in [0.29, 0.717) is 24.7 Å². The Labute approximate surface area is 147 Å². The molecule has 3 rings (SSSR count). The first-order valence-electron chi connectivity index (χ1n) is 8.02. The molecule has 0 bridgehead atoms. The van der Waals surface area contributed by atoms with Crippen LogP contribution in [0.25, 0.3) is 0 Å². The molecule has 2 aromatic rings. The number of rotatable bonds is 4. The van der Waals surface area contributed by atoms with E-state index in [9.17, 15) is 4.79 Å². The molecule has 1 aliphatic rings. The number of nitrogens with two attached hydrogens (primary N) is 1. The molecule has 0 radical (unpaired) electrons. The second-order valence-corrected chi connectivity index (χ2v) is 6.10. The predicted molar refractivity (Wildman–Crippen MR) is 93.0 cm³/mol. The molecule has 1 fully saturated rings. The molecular formula is C17H23ClN4O2. The maximum atomic E-state index is 12.6. The Morgan fingerprint density at radius 2 is 2.17 bits per heavy atom.